The number of amides is 2. The van der Waals surface area contributed by atoms with Gasteiger partial charge in [-0.1, -0.05) is 97.1 Å². The van der Waals surface area contributed by atoms with Crippen LogP contribution in [0.15, 0.2) is 115 Å². The molecular weight excluding hydrogens is 615 g/mol. The lowest BCUT2D eigenvalue weighted by atomic mass is 9.95. The monoisotopic (exact) mass is 653 g/mol. The average molecular weight is 654 g/mol. The molecule has 0 radical (unpaired) electrons. The van der Waals surface area contributed by atoms with Crippen LogP contribution in [0.3, 0.4) is 0 Å². The topological polar surface area (TPSA) is 61.9 Å². The Kier molecular flexibility index (Phi) is 8.63. The Hall–Kier alpha value is -5.14. The first-order valence-electron chi connectivity index (χ1n) is 16.4. The van der Waals surface area contributed by atoms with E-state index >= 15 is 0 Å². The molecule has 1 aromatic heterocycles. The lowest BCUT2D eigenvalue weighted by molar-refractivity contribution is 0.0240. The molecule has 1 aliphatic heterocycles. The second-order valence-corrected chi connectivity index (χ2v) is 14.3. The van der Waals surface area contributed by atoms with Gasteiger partial charge in [0.1, 0.15) is 5.60 Å². The summed E-state index contributed by atoms with van der Waals surface area (Å²) in [5.74, 6) is -0.0852. The van der Waals surface area contributed by atoms with E-state index in [1.807, 2.05) is 39.0 Å². The molecule has 7 heteroatoms. The van der Waals surface area contributed by atoms with Crippen LogP contribution in [-0.2, 0) is 11.3 Å². The third-order valence-electron chi connectivity index (χ3n) is 8.78. The number of anilines is 1. The predicted molar refractivity (Wildman–Crippen MR) is 198 cm³/mol. The normalized spacial score (nSPS) is 13.6. The van der Waals surface area contributed by atoms with Crippen molar-refractivity contribution in [1.29, 1.82) is 0 Å². The molecule has 7 rings (SSSR count). The van der Waals surface area contributed by atoms with E-state index in [1.165, 1.54) is 33.2 Å². The molecule has 6 nitrogen and oxygen atoms in total. The molecular formula is C41H39N3O3S. The molecule has 6 aromatic rings. The van der Waals surface area contributed by atoms with Gasteiger partial charge in [0.15, 0.2) is 0 Å². The SMILES string of the molecule is CC(C)(C)OC(=O)N1CCN(c2ccccc2CNC(=O)c2cc3c(-c4ccc(-c5cccc6ccccc56)cc4)cccc3s2)CC1. The quantitative estimate of drug-likeness (QED) is 0.195. The maximum atomic E-state index is 13.5. The minimum Gasteiger partial charge on any atom is -0.444 e. The van der Waals surface area contributed by atoms with E-state index < -0.39 is 5.60 Å². The van der Waals surface area contributed by atoms with Gasteiger partial charge >= 0.3 is 6.09 Å². The van der Waals surface area contributed by atoms with Crippen molar-refractivity contribution in [3.63, 3.8) is 0 Å². The highest BCUT2D eigenvalue weighted by molar-refractivity contribution is 7.20. The predicted octanol–water partition coefficient (Wildman–Crippen LogP) is 9.38. The molecule has 0 unspecified atom stereocenters. The number of benzene rings is 5. The van der Waals surface area contributed by atoms with E-state index in [0.717, 1.165) is 32.5 Å². The Bertz CT molecular complexity index is 2100. The van der Waals surface area contributed by atoms with Gasteiger partial charge in [0.2, 0.25) is 0 Å². The van der Waals surface area contributed by atoms with Crippen molar-refractivity contribution < 1.29 is 14.3 Å². The van der Waals surface area contributed by atoms with Crippen LogP contribution < -0.4 is 10.2 Å². The molecule has 5 aromatic carbocycles. The third kappa shape index (κ3) is 6.64. The Morgan fingerprint density at radius 2 is 1.35 bits per heavy atom. The molecule has 242 valence electrons. The second kappa shape index (κ2) is 13.2. The number of ether oxygens (including phenoxy) is 1. The number of carbonyl (C=O) groups excluding carboxylic acids is 2. The lowest BCUT2D eigenvalue weighted by Gasteiger charge is -2.37. The van der Waals surface area contributed by atoms with Gasteiger partial charge < -0.3 is 19.9 Å². The van der Waals surface area contributed by atoms with Crippen LogP contribution >= 0.6 is 11.3 Å². The van der Waals surface area contributed by atoms with Gasteiger partial charge in [0, 0.05) is 48.5 Å². The van der Waals surface area contributed by atoms with Crippen LogP contribution in [-0.4, -0.2) is 48.7 Å². The largest absolute Gasteiger partial charge is 0.444 e. The summed E-state index contributed by atoms with van der Waals surface area (Å²) in [5, 5.41) is 6.72. The molecule has 0 spiro atoms. The molecule has 0 atom stereocenters. The highest BCUT2D eigenvalue weighted by Gasteiger charge is 2.26. The first kappa shape index (κ1) is 31.5. The Morgan fingerprint density at radius 3 is 2.08 bits per heavy atom. The van der Waals surface area contributed by atoms with Crippen LogP contribution in [0.1, 0.15) is 36.0 Å². The number of thiophene rings is 1. The van der Waals surface area contributed by atoms with E-state index in [9.17, 15) is 9.59 Å². The fourth-order valence-electron chi connectivity index (χ4n) is 6.42. The van der Waals surface area contributed by atoms with Gasteiger partial charge in [0.05, 0.1) is 4.88 Å². The van der Waals surface area contributed by atoms with Crippen molar-refractivity contribution in [1.82, 2.24) is 10.2 Å². The van der Waals surface area contributed by atoms with Gasteiger partial charge in [-0.05, 0) is 77.6 Å². The summed E-state index contributed by atoms with van der Waals surface area (Å²) < 4.78 is 6.64. The van der Waals surface area contributed by atoms with Gasteiger partial charge in [0.25, 0.3) is 5.91 Å². The zero-order valence-electron chi connectivity index (χ0n) is 27.5. The van der Waals surface area contributed by atoms with Crippen LogP contribution in [0.25, 0.3) is 43.1 Å². The highest BCUT2D eigenvalue weighted by atomic mass is 32.1. The van der Waals surface area contributed by atoms with Crippen LogP contribution in [0.2, 0.25) is 0 Å². The summed E-state index contributed by atoms with van der Waals surface area (Å²) in [4.78, 5) is 30.8. The summed E-state index contributed by atoms with van der Waals surface area (Å²) >= 11 is 1.52. The van der Waals surface area contributed by atoms with Crippen molar-refractivity contribution in [2.75, 3.05) is 31.1 Å². The third-order valence-corrected chi connectivity index (χ3v) is 9.88. The zero-order chi connectivity index (χ0) is 33.3. The van der Waals surface area contributed by atoms with E-state index in [2.05, 4.69) is 107 Å². The van der Waals surface area contributed by atoms with E-state index in [-0.39, 0.29) is 12.0 Å². The number of fused-ring (bicyclic) bond motifs is 2. The van der Waals surface area contributed by atoms with Crippen LogP contribution in [0.5, 0.6) is 0 Å². The standard InChI is InChI=1S/C41H39N3O3S/c1-41(2,3)47-40(46)44-24-22-43(23-25-44)36-16-7-5-11-31(36)27-42-39(45)38-26-35-34(15-9-17-37(35)48-38)30-20-18-29(19-21-30)33-14-8-12-28-10-4-6-13-32(28)33/h4-21,26H,22-25,27H2,1-3H3,(H,42,45). The number of nitrogens with one attached hydrogen (secondary N) is 1. The molecule has 2 heterocycles. The fraction of sp³-hybridized carbons (Fsp3) is 0.220. The first-order valence-corrected chi connectivity index (χ1v) is 17.3. The summed E-state index contributed by atoms with van der Waals surface area (Å²) in [6.45, 7) is 8.65. The zero-order valence-corrected chi connectivity index (χ0v) is 28.3. The fourth-order valence-corrected chi connectivity index (χ4v) is 7.42. The Morgan fingerprint density at radius 1 is 0.729 bits per heavy atom. The van der Waals surface area contributed by atoms with E-state index in [1.54, 1.807) is 4.90 Å². The number of hydrogen-bond donors (Lipinski definition) is 1. The first-order chi connectivity index (χ1) is 23.2. The molecule has 1 saturated heterocycles. The van der Waals surface area contributed by atoms with Gasteiger partial charge in [-0.3, -0.25) is 4.79 Å². The maximum Gasteiger partial charge on any atom is 0.410 e. The Balaban J connectivity index is 1.04. The van der Waals surface area contributed by atoms with Crippen molar-refractivity contribution in [2.45, 2.75) is 32.9 Å². The molecule has 0 bridgehead atoms. The number of nitrogens with zero attached hydrogens (tertiary/aromatic N) is 2. The minimum atomic E-state index is -0.515. The van der Waals surface area contributed by atoms with Crippen LogP contribution in [0.4, 0.5) is 10.5 Å². The molecule has 2 amide bonds. The molecule has 0 saturated carbocycles. The summed E-state index contributed by atoms with van der Waals surface area (Å²) in [6, 6.07) is 40.1. The number of carbonyl (C=O) groups is 2. The minimum absolute atomic E-state index is 0.0852. The van der Waals surface area contributed by atoms with Crippen molar-refractivity contribution in [3.8, 4) is 22.3 Å². The molecule has 48 heavy (non-hydrogen) atoms. The van der Waals surface area contributed by atoms with E-state index in [0.29, 0.717) is 37.6 Å². The highest BCUT2D eigenvalue weighted by Crippen LogP contribution is 2.36. The van der Waals surface area contributed by atoms with Crippen molar-refractivity contribution in [3.05, 3.63) is 126 Å². The number of rotatable bonds is 6. The van der Waals surface area contributed by atoms with Crippen molar-refractivity contribution >= 4 is 49.9 Å². The lowest BCUT2D eigenvalue weighted by Crippen LogP contribution is -2.50. The molecule has 1 aliphatic rings. The molecule has 0 aliphatic carbocycles. The summed E-state index contributed by atoms with van der Waals surface area (Å²) in [6.07, 6.45) is -0.271. The molecule has 1 N–H and O–H groups in total. The van der Waals surface area contributed by atoms with Gasteiger partial charge in [-0.15, -0.1) is 11.3 Å². The van der Waals surface area contributed by atoms with Gasteiger partial charge in [-0.2, -0.15) is 0 Å². The van der Waals surface area contributed by atoms with Crippen molar-refractivity contribution in [2.24, 2.45) is 0 Å². The smallest absolute Gasteiger partial charge is 0.410 e. The maximum absolute atomic E-state index is 13.5. The van der Waals surface area contributed by atoms with Crippen LogP contribution in [0, 0.1) is 0 Å². The summed E-state index contributed by atoms with van der Waals surface area (Å²) in [5.41, 5.74) is 6.24. The number of para-hydroxylation sites is 1. The average Bonchev–Trinajstić information content (AvgIpc) is 3.55. The van der Waals surface area contributed by atoms with Gasteiger partial charge in [-0.25, -0.2) is 4.79 Å². The summed E-state index contributed by atoms with van der Waals surface area (Å²) in [7, 11) is 0. The van der Waals surface area contributed by atoms with E-state index in [4.69, 9.17) is 4.74 Å². The Labute approximate surface area is 285 Å². The number of hydrogen-bond acceptors (Lipinski definition) is 5. The number of piperazine rings is 1. The molecule has 1 fully saturated rings. The second-order valence-electron chi connectivity index (χ2n) is 13.2.